The summed E-state index contributed by atoms with van der Waals surface area (Å²) in [5, 5.41) is 9.08. The Morgan fingerprint density at radius 3 is 2.65 bits per heavy atom. The van der Waals surface area contributed by atoms with Crippen molar-refractivity contribution in [2.24, 2.45) is 5.92 Å². The van der Waals surface area contributed by atoms with Crippen LogP contribution in [0.2, 0.25) is 0 Å². The van der Waals surface area contributed by atoms with Gasteiger partial charge in [0, 0.05) is 18.3 Å². The lowest BCUT2D eigenvalue weighted by Crippen LogP contribution is -2.50. The van der Waals surface area contributed by atoms with E-state index in [0.717, 1.165) is 19.4 Å². The number of urea groups is 1. The number of aliphatic carboxylic acids is 1. The molecule has 5 nitrogen and oxygen atoms in total. The third-order valence-corrected chi connectivity index (χ3v) is 5.08. The lowest BCUT2D eigenvalue weighted by Gasteiger charge is -2.32. The molecule has 3 aliphatic rings. The quantitative estimate of drug-likeness (QED) is 0.762. The molecular weight excluding hydrogens is 240 g/mol. The first kappa shape index (κ1) is 11.2. The Hall–Kier alpha value is -0.910. The van der Waals surface area contributed by atoms with Gasteiger partial charge in [-0.05, 0) is 25.2 Å². The summed E-state index contributed by atoms with van der Waals surface area (Å²) in [6.45, 7) is 0.830. The molecule has 94 valence electrons. The molecule has 0 spiro atoms. The molecular formula is C11H16N2O3S. The van der Waals surface area contributed by atoms with E-state index in [1.165, 1.54) is 23.1 Å². The van der Waals surface area contributed by atoms with Gasteiger partial charge in [0.1, 0.15) is 6.04 Å². The van der Waals surface area contributed by atoms with Gasteiger partial charge < -0.3 is 14.9 Å². The first-order valence-electron chi connectivity index (χ1n) is 6.04. The van der Waals surface area contributed by atoms with E-state index in [9.17, 15) is 9.59 Å². The fourth-order valence-corrected chi connectivity index (χ4v) is 4.30. The number of piperidine rings is 1. The number of carbonyl (C=O) groups is 2. The number of likely N-dealkylation sites (tertiary alicyclic amines) is 1. The summed E-state index contributed by atoms with van der Waals surface area (Å²) >= 11 is 1.52. The number of hydrogen-bond donors (Lipinski definition) is 1. The highest BCUT2D eigenvalue weighted by molar-refractivity contribution is 7.99. The number of carbonyl (C=O) groups excluding carboxylic acids is 1. The second-order valence-corrected chi connectivity index (χ2v) is 6.09. The highest BCUT2D eigenvalue weighted by Gasteiger charge is 2.44. The molecule has 0 aromatic rings. The van der Waals surface area contributed by atoms with E-state index in [2.05, 4.69) is 0 Å². The van der Waals surface area contributed by atoms with Gasteiger partial charge in [-0.2, -0.15) is 0 Å². The van der Waals surface area contributed by atoms with Crippen molar-refractivity contribution in [3.05, 3.63) is 0 Å². The molecule has 0 radical (unpaired) electrons. The summed E-state index contributed by atoms with van der Waals surface area (Å²) in [7, 11) is 0. The Balaban J connectivity index is 1.71. The van der Waals surface area contributed by atoms with Crippen molar-refractivity contribution in [3.8, 4) is 0 Å². The van der Waals surface area contributed by atoms with Gasteiger partial charge in [-0.25, -0.2) is 9.59 Å². The molecule has 3 rings (SSSR count). The molecule has 2 amide bonds. The number of amides is 2. The summed E-state index contributed by atoms with van der Waals surface area (Å²) in [5.41, 5.74) is 0. The van der Waals surface area contributed by atoms with E-state index in [1.54, 1.807) is 0 Å². The maximum atomic E-state index is 12.3. The monoisotopic (exact) mass is 256 g/mol. The van der Waals surface area contributed by atoms with Crippen LogP contribution in [0.4, 0.5) is 4.79 Å². The first-order valence-corrected chi connectivity index (χ1v) is 7.20. The van der Waals surface area contributed by atoms with Crippen LogP contribution in [0.5, 0.6) is 0 Å². The summed E-state index contributed by atoms with van der Waals surface area (Å²) in [6, 6.07) is -0.325. The standard InChI is InChI=1S/C11H16N2O3S/c14-10(15)9-5-17-6-13(9)11(16)12-4-7-1-2-8(12)3-7/h7-9H,1-6H2,(H,14,15)/t7?,8?,9-/m0/s1. The van der Waals surface area contributed by atoms with E-state index >= 15 is 0 Å². The Bertz CT molecular complexity index is 363. The SMILES string of the molecule is O=C(O)[C@@H]1CSCN1C(=O)N1CC2CCC1C2. The van der Waals surface area contributed by atoms with Crippen LogP contribution >= 0.6 is 11.8 Å². The largest absolute Gasteiger partial charge is 0.480 e. The Labute approximate surface area is 104 Å². The minimum absolute atomic E-state index is 0.0606. The first-order chi connectivity index (χ1) is 8.16. The van der Waals surface area contributed by atoms with E-state index in [-0.39, 0.29) is 6.03 Å². The number of fused-ring (bicyclic) bond motifs is 2. The average molecular weight is 256 g/mol. The molecule has 3 atom stereocenters. The predicted molar refractivity (Wildman–Crippen MR) is 63.8 cm³/mol. The molecule has 2 unspecified atom stereocenters. The maximum absolute atomic E-state index is 12.3. The van der Waals surface area contributed by atoms with E-state index in [4.69, 9.17) is 5.11 Å². The molecule has 17 heavy (non-hydrogen) atoms. The number of hydrogen-bond acceptors (Lipinski definition) is 3. The van der Waals surface area contributed by atoms with Crippen molar-refractivity contribution in [1.29, 1.82) is 0 Å². The highest BCUT2D eigenvalue weighted by atomic mass is 32.2. The second kappa shape index (κ2) is 4.08. The normalized spacial score (nSPS) is 35.6. The topological polar surface area (TPSA) is 60.9 Å². The van der Waals surface area contributed by atoms with Crippen LogP contribution in [0.25, 0.3) is 0 Å². The molecule has 1 aliphatic carbocycles. The van der Waals surface area contributed by atoms with Gasteiger partial charge in [0.2, 0.25) is 0 Å². The van der Waals surface area contributed by atoms with Crippen LogP contribution in [0.1, 0.15) is 19.3 Å². The summed E-state index contributed by atoms with van der Waals surface area (Å²) in [6.07, 6.45) is 3.44. The third-order valence-electron chi connectivity index (χ3n) is 4.07. The van der Waals surface area contributed by atoms with E-state index in [0.29, 0.717) is 23.6 Å². The number of nitrogens with zero attached hydrogens (tertiary/aromatic N) is 2. The zero-order valence-corrected chi connectivity index (χ0v) is 10.4. The fraction of sp³-hybridized carbons (Fsp3) is 0.818. The van der Waals surface area contributed by atoms with Crippen LogP contribution in [-0.2, 0) is 4.79 Å². The average Bonchev–Trinajstić information content (AvgIpc) is 3.02. The Kier molecular flexibility index (Phi) is 2.69. The molecule has 6 heteroatoms. The van der Waals surface area contributed by atoms with Crippen molar-refractivity contribution < 1.29 is 14.7 Å². The van der Waals surface area contributed by atoms with Gasteiger partial charge in [0.25, 0.3) is 0 Å². The Morgan fingerprint density at radius 2 is 2.06 bits per heavy atom. The van der Waals surface area contributed by atoms with Crippen LogP contribution in [-0.4, -0.2) is 57.2 Å². The molecule has 3 fully saturated rings. The number of carboxylic acid groups (broad SMARTS) is 1. The van der Waals surface area contributed by atoms with Crippen molar-refractivity contribution in [1.82, 2.24) is 9.80 Å². The van der Waals surface area contributed by atoms with Gasteiger partial charge in [-0.3, -0.25) is 0 Å². The molecule has 2 bridgehead atoms. The Morgan fingerprint density at radius 1 is 1.24 bits per heavy atom. The van der Waals surface area contributed by atoms with E-state index in [1.807, 2.05) is 4.90 Å². The molecule has 0 aromatic carbocycles. The van der Waals surface area contributed by atoms with Crippen LogP contribution < -0.4 is 0 Å². The van der Waals surface area contributed by atoms with Gasteiger partial charge >= 0.3 is 12.0 Å². The minimum Gasteiger partial charge on any atom is -0.480 e. The minimum atomic E-state index is -0.882. The number of carboxylic acids is 1. The van der Waals surface area contributed by atoms with Crippen LogP contribution in [0.3, 0.4) is 0 Å². The van der Waals surface area contributed by atoms with Crippen molar-refractivity contribution in [2.75, 3.05) is 18.2 Å². The zero-order valence-electron chi connectivity index (χ0n) is 9.54. The zero-order chi connectivity index (χ0) is 12.0. The molecule has 1 N–H and O–H groups in total. The lowest BCUT2D eigenvalue weighted by atomic mass is 10.1. The lowest BCUT2D eigenvalue weighted by molar-refractivity contribution is -0.141. The van der Waals surface area contributed by atoms with Crippen molar-refractivity contribution in [3.63, 3.8) is 0 Å². The molecule has 1 saturated carbocycles. The number of rotatable bonds is 1. The maximum Gasteiger partial charge on any atom is 0.327 e. The fourth-order valence-electron chi connectivity index (χ4n) is 3.16. The molecule has 2 saturated heterocycles. The van der Waals surface area contributed by atoms with Crippen LogP contribution in [0, 0.1) is 5.92 Å². The summed E-state index contributed by atoms with van der Waals surface area (Å²) < 4.78 is 0. The predicted octanol–water partition coefficient (Wildman–Crippen LogP) is 1.05. The van der Waals surface area contributed by atoms with Gasteiger partial charge in [-0.15, -0.1) is 11.8 Å². The molecule has 0 aromatic heterocycles. The number of thioether (sulfide) groups is 1. The third kappa shape index (κ3) is 1.78. The molecule has 2 heterocycles. The second-order valence-electron chi connectivity index (χ2n) is 5.09. The smallest absolute Gasteiger partial charge is 0.327 e. The van der Waals surface area contributed by atoms with Gasteiger partial charge in [0.05, 0.1) is 5.88 Å². The van der Waals surface area contributed by atoms with E-state index < -0.39 is 12.0 Å². The van der Waals surface area contributed by atoms with Gasteiger partial charge in [-0.1, -0.05) is 0 Å². The molecule has 2 aliphatic heterocycles. The van der Waals surface area contributed by atoms with Crippen LogP contribution in [0.15, 0.2) is 0 Å². The van der Waals surface area contributed by atoms with Crippen molar-refractivity contribution in [2.45, 2.75) is 31.3 Å². The summed E-state index contributed by atoms with van der Waals surface area (Å²) in [4.78, 5) is 26.8. The van der Waals surface area contributed by atoms with Crippen molar-refractivity contribution >= 4 is 23.8 Å². The van der Waals surface area contributed by atoms with Gasteiger partial charge in [0.15, 0.2) is 0 Å². The highest BCUT2D eigenvalue weighted by Crippen LogP contribution is 2.38. The summed E-state index contributed by atoms with van der Waals surface area (Å²) in [5.74, 6) is 0.808.